The first-order valence-corrected chi connectivity index (χ1v) is 10.1. The highest BCUT2D eigenvalue weighted by molar-refractivity contribution is 5.79. The van der Waals surface area contributed by atoms with Crippen molar-refractivity contribution in [1.29, 1.82) is 0 Å². The van der Waals surface area contributed by atoms with Gasteiger partial charge in [-0.2, -0.15) is 0 Å². The fourth-order valence-electron chi connectivity index (χ4n) is 3.44. The lowest BCUT2D eigenvalue weighted by Gasteiger charge is -2.16. The molecule has 3 rings (SSSR count). The molecule has 0 aromatic heterocycles. The molecular formula is C23H30N4O3. The summed E-state index contributed by atoms with van der Waals surface area (Å²) in [7, 11) is 5.00. The lowest BCUT2D eigenvalue weighted by Crippen LogP contribution is -2.36. The number of benzene rings is 2. The van der Waals surface area contributed by atoms with Gasteiger partial charge in [0.15, 0.2) is 17.5 Å². The number of likely N-dealkylation sites (tertiary alicyclic amines) is 1. The SMILES string of the molecule is CN=C(NCc1ccc(CN2CCCC2=O)cc1)NCc1ccc(OC)c(OC)c1. The molecule has 7 heteroatoms. The number of hydrogen-bond acceptors (Lipinski definition) is 4. The second-order valence-corrected chi connectivity index (χ2v) is 7.20. The van der Waals surface area contributed by atoms with E-state index in [0.29, 0.717) is 37.6 Å². The van der Waals surface area contributed by atoms with Crippen LogP contribution < -0.4 is 20.1 Å². The first-order chi connectivity index (χ1) is 14.6. The van der Waals surface area contributed by atoms with E-state index in [0.717, 1.165) is 35.6 Å². The van der Waals surface area contributed by atoms with Crippen molar-refractivity contribution in [3.8, 4) is 11.5 Å². The van der Waals surface area contributed by atoms with Crippen LogP contribution in [0.3, 0.4) is 0 Å². The molecule has 0 saturated carbocycles. The number of ether oxygens (including phenoxy) is 2. The molecule has 0 spiro atoms. The number of guanidine groups is 1. The summed E-state index contributed by atoms with van der Waals surface area (Å²) in [5, 5.41) is 6.63. The Morgan fingerprint density at radius 2 is 1.60 bits per heavy atom. The van der Waals surface area contributed by atoms with Crippen LogP contribution in [0.25, 0.3) is 0 Å². The van der Waals surface area contributed by atoms with Gasteiger partial charge < -0.3 is 25.0 Å². The number of nitrogens with one attached hydrogen (secondary N) is 2. The first kappa shape index (κ1) is 21.5. The fourth-order valence-corrected chi connectivity index (χ4v) is 3.44. The highest BCUT2D eigenvalue weighted by Gasteiger charge is 2.19. The third kappa shape index (κ3) is 5.65. The second kappa shape index (κ2) is 10.5. The van der Waals surface area contributed by atoms with E-state index in [4.69, 9.17) is 9.47 Å². The Morgan fingerprint density at radius 3 is 2.20 bits per heavy atom. The van der Waals surface area contributed by atoms with Crippen molar-refractivity contribution in [3.05, 3.63) is 59.2 Å². The number of amides is 1. The van der Waals surface area contributed by atoms with Crippen LogP contribution in [0.2, 0.25) is 0 Å². The van der Waals surface area contributed by atoms with E-state index < -0.39 is 0 Å². The molecule has 160 valence electrons. The van der Waals surface area contributed by atoms with Crippen LogP contribution in [0.4, 0.5) is 0 Å². The summed E-state index contributed by atoms with van der Waals surface area (Å²) in [4.78, 5) is 18.0. The maximum Gasteiger partial charge on any atom is 0.222 e. The van der Waals surface area contributed by atoms with Gasteiger partial charge in [0, 0.05) is 39.6 Å². The molecule has 2 N–H and O–H groups in total. The van der Waals surface area contributed by atoms with E-state index in [2.05, 4.69) is 39.9 Å². The van der Waals surface area contributed by atoms with Crippen molar-refractivity contribution in [2.24, 2.45) is 4.99 Å². The normalized spacial score (nSPS) is 14.0. The summed E-state index contributed by atoms with van der Waals surface area (Å²) in [6.07, 6.45) is 1.65. The average Bonchev–Trinajstić information content (AvgIpc) is 3.19. The number of methoxy groups -OCH3 is 2. The zero-order valence-corrected chi connectivity index (χ0v) is 17.9. The molecular weight excluding hydrogens is 380 g/mol. The minimum atomic E-state index is 0.255. The van der Waals surface area contributed by atoms with Crippen LogP contribution in [0.15, 0.2) is 47.5 Å². The van der Waals surface area contributed by atoms with Crippen molar-refractivity contribution < 1.29 is 14.3 Å². The van der Waals surface area contributed by atoms with Crippen molar-refractivity contribution in [2.45, 2.75) is 32.5 Å². The minimum Gasteiger partial charge on any atom is -0.493 e. The Labute approximate surface area is 178 Å². The highest BCUT2D eigenvalue weighted by Crippen LogP contribution is 2.27. The van der Waals surface area contributed by atoms with Gasteiger partial charge in [-0.05, 0) is 35.2 Å². The number of rotatable bonds is 8. The highest BCUT2D eigenvalue weighted by atomic mass is 16.5. The van der Waals surface area contributed by atoms with Gasteiger partial charge in [-0.3, -0.25) is 9.79 Å². The number of hydrogen-bond donors (Lipinski definition) is 2. The molecule has 2 aromatic carbocycles. The predicted molar refractivity (Wildman–Crippen MR) is 118 cm³/mol. The minimum absolute atomic E-state index is 0.255. The Kier molecular flexibility index (Phi) is 7.54. The third-order valence-corrected chi connectivity index (χ3v) is 5.16. The van der Waals surface area contributed by atoms with E-state index >= 15 is 0 Å². The Hall–Kier alpha value is -3.22. The molecule has 7 nitrogen and oxygen atoms in total. The predicted octanol–water partition coefficient (Wildman–Crippen LogP) is 2.69. The number of nitrogens with zero attached hydrogens (tertiary/aromatic N) is 2. The van der Waals surface area contributed by atoms with Crippen LogP contribution in [0.5, 0.6) is 11.5 Å². The third-order valence-electron chi connectivity index (χ3n) is 5.16. The molecule has 1 heterocycles. The summed E-state index contributed by atoms with van der Waals surface area (Å²) >= 11 is 0. The van der Waals surface area contributed by atoms with Gasteiger partial charge >= 0.3 is 0 Å². The van der Waals surface area contributed by atoms with E-state index in [1.54, 1.807) is 21.3 Å². The summed E-state index contributed by atoms with van der Waals surface area (Å²) in [5.74, 6) is 2.39. The van der Waals surface area contributed by atoms with Gasteiger partial charge in [-0.25, -0.2) is 0 Å². The van der Waals surface area contributed by atoms with Crippen molar-refractivity contribution in [2.75, 3.05) is 27.8 Å². The van der Waals surface area contributed by atoms with Gasteiger partial charge in [-0.1, -0.05) is 30.3 Å². The monoisotopic (exact) mass is 410 g/mol. The maximum atomic E-state index is 11.8. The van der Waals surface area contributed by atoms with Crippen molar-refractivity contribution in [1.82, 2.24) is 15.5 Å². The molecule has 0 radical (unpaired) electrons. The van der Waals surface area contributed by atoms with Crippen molar-refractivity contribution >= 4 is 11.9 Å². The topological polar surface area (TPSA) is 75.2 Å². The molecule has 0 atom stereocenters. The van der Waals surface area contributed by atoms with Crippen molar-refractivity contribution in [3.63, 3.8) is 0 Å². The van der Waals surface area contributed by atoms with Crippen LogP contribution in [0, 0.1) is 0 Å². The van der Waals surface area contributed by atoms with E-state index in [1.165, 1.54) is 0 Å². The molecule has 1 fully saturated rings. The number of carbonyl (C=O) groups excluding carboxylic acids is 1. The molecule has 0 unspecified atom stereocenters. The van der Waals surface area contributed by atoms with E-state index in [9.17, 15) is 4.79 Å². The molecule has 30 heavy (non-hydrogen) atoms. The molecule has 0 aliphatic carbocycles. The van der Waals surface area contributed by atoms with Crippen LogP contribution in [0.1, 0.15) is 29.5 Å². The van der Waals surface area contributed by atoms with Gasteiger partial charge in [0.25, 0.3) is 0 Å². The van der Waals surface area contributed by atoms with Gasteiger partial charge in [0.1, 0.15) is 0 Å². The first-order valence-electron chi connectivity index (χ1n) is 10.1. The standard InChI is InChI=1S/C23H30N4O3/c1-24-23(26-15-19-10-11-20(29-2)21(13-19)30-3)25-14-17-6-8-18(9-7-17)16-27-12-4-5-22(27)28/h6-11,13H,4-5,12,14-16H2,1-3H3,(H2,24,25,26). The molecule has 1 aliphatic heterocycles. The van der Waals surface area contributed by atoms with Crippen LogP contribution in [-0.4, -0.2) is 44.6 Å². The smallest absolute Gasteiger partial charge is 0.222 e. The van der Waals surface area contributed by atoms with Crippen LogP contribution >= 0.6 is 0 Å². The number of aliphatic imine (C=N–C) groups is 1. The Morgan fingerprint density at radius 1 is 0.967 bits per heavy atom. The zero-order valence-electron chi connectivity index (χ0n) is 17.9. The largest absolute Gasteiger partial charge is 0.493 e. The summed E-state index contributed by atoms with van der Waals surface area (Å²) in [5.41, 5.74) is 3.38. The molecule has 1 amide bonds. The second-order valence-electron chi connectivity index (χ2n) is 7.20. The molecule has 1 saturated heterocycles. The fraction of sp³-hybridized carbons (Fsp3) is 0.391. The summed E-state index contributed by atoms with van der Waals surface area (Å²) in [6.45, 7) is 2.84. The Bertz CT molecular complexity index is 881. The van der Waals surface area contributed by atoms with Crippen LogP contribution in [-0.2, 0) is 24.4 Å². The van der Waals surface area contributed by atoms with Gasteiger partial charge in [0.05, 0.1) is 14.2 Å². The molecule has 2 aromatic rings. The quantitative estimate of drug-likeness (QED) is 0.517. The van der Waals surface area contributed by atoms with E-state index in [-0.39, 0.29) is 5.91 Å². The molecule has 0 bridgehead atoms. The lowest BCUT2D eigenvalue weighted by molar-refractivity contribution is -0.128. The van der Waals surface area contributed by atoms with E-state index in [1.807, 2.05) is 23.1 Å². The summed E-state index contributed by atoms with van der Waals surface area (Å²) in [6, 6.07) is 14.2. The maximum absolute atomic E-state index is 11.8. The number of carbonyl (C=O) groups is 1. The Balaban J connectivity index is 1.48. The van der Waals surface area contributed by atoms with Gasteiger partial charge in [0.2, 0.25) is 5.91 Å². The average molecular weight is 411 g/mol. The summed E-state index contributed by atoms with van der Waals surface area (Å²) < 4.78 is 10.6. The van der Waals surface area contributed by atoms with Gasteiger partial charge in [-0.15, -0.1) is 0 Å². The zero-order chi connectivity index (χ0) is 21.3. The molecule has 1 aliphatic rings. The lowest BCUT2D eigenvalue weighted by atomic mass is 10.1.